The van der Waals surface area contributed by atoms with Gasteiger partial charge in [0.15, 0.2) is 0 Å². The molecule has 0 aliphatic carbocycles. The van der Waals surface area contributed by atoms with Crippen LogP contribution in [0.5, 0.6) is 0 Å². The molecular formula is C19H33N5O8S2. The van der Waals surface area contributed by atoms with Gasteiger partial charge in [0.1, 0.15) is 18.1 Å². The molecule has 4 amide bonds. The Morgan fingerprint density at radius 1 is 0.765 bits per heavy atom. The molecule has 9 N–H and O–H groups in total. The molecule has 0 radical (unpaired) electrons. The largest absolute Gasteiger partial charge is 0.481 e. The smallest absolute Gasteiger partial charge is 0.326 e. The molecule has 34 heavy (non-hydrogen) atoms. The van der Waals surface area contributed by atoms with E-state index in [1.54, 1.807) is 6.26 Å². The maximum Gasteiger partial charge on any atom is 0.326 e. The first-order valence-electron chi connectivity index (χ1n) is 10.3. The predicted octanol–water partition coefficient (Wildman–Crippen LogP) is -1.90. The van der Waals surface area contributed by atoms with Gasteiger partial charge in [-0.2, -0.15) is 23.5 Å². The second-order valence-corrected chi connectivity index (χ2v) is 9.27. The van der Waals surface area contributed by atoms with E-state index in [4.69, 9.17) is 16.6 Å². The van der Waals surface area contributed by atoms with E-state index in [-0.39, 0.29) is 19.3 Å². The minimum Gasteiger partial charge on any atom is -0.481 e. The number of aliphatic carboxylic acids is 2. The molecule has 194 valence electrons. The van der Waals surface area contributed by atoms with Crippen LogP contribution in [0.1, 0.15) is 32.1 Å². The molecule has 0 rings (SSSR count). The summed E-state index contributed by atoms with van der Waals surface area (Å²) in [4.78, 5) is 71.3. The molecule has 0 fully saturated rings. The number of carboxylic acids is 2. The summed E-state index contributed by atoms with van der Waals surface area (Å²) in [7, 11) is 0. The molecule has 0 aromatic carbocycles. The Labute approximate surface area is 205 Å². The van der Waals surface area contributed by atoms with Crippen molar-refractivity contribution >= 4 is 59.1 Å². The number of rotatable bonds is 18. The van der Waals surface area contributed by atoms with Crippen molar-refractivity contribution in [2.45, 2.75) is 56.3 Å². The van der Waals surface area contributed by atoms with Crippen LogP contribution in [-0.4, -0.2) is 94.0 Å². The zero-order chi connectivity index (χ0) is 26.3. The summed E-state index contributed by atoms with van der Waals surface area (Å²) in [6.07, 6.45) is 2.73. The topological polar surface area (TPSA) is 231 Å². The molecule has 0 aliphatic heterocycles. The number of primary amides is 1. The van der Waals surface area contributed by atoms with Crippen LogP contribution in [0.2, 0.25) is 0 Å². The highest BCUT2D eigenvalue weighted by molar-refractivity contribution is 7.98. The van der Waals surface area contributed by atoms with Gasteiger partial charge in [-0.25, -0.2) is 4.79 Å². The van der Waals surface area contributed by atoms with E-state index in [0.717, 1.165) is 0 Å². The number of hydrogen-bond donors (Lipinski definition) is 7. The van der Waals surface area contributed by atoms with E-state index in [1.807, 2.05) is 6.26 Å². The van der Waals surface area contributed by atoms with E-state index < -0.39 is 66.2 Å². The number of thioether (sulfide) groups is 2. The molecule has 4 unspecified atom stereocenters. The Hall–Kier alpha value is -2.52. The minimum absolute atomic E-state index is 0.0991. The maximum absolute atomic E-state index is 12.8. The summed E-state index contributed by atoms with van der Waals surface area (Å²) < 4.78 is 0. The van der Waals surface area contributed by atoms with E-state index in [1.165, 1.54) is 23.5 Å². The summed E-state index contributed by atoms with van der Waals surface area (Å²) in [6, 6.07) is -5.08. The molecule has 0 heterocycles. The van der Waals surface area contributed by atoms with E-state index >= 15 is 0 Å². The second-order valence-electron chi connectivity index (χ2n) is 7.29. The van der Waals surface area contributed by atoms with Crippen molar-refractivity contribution in [2.75, 3.05) is 24.0 Å². The number of nitrogens with one attached hydrogen (secondary N) is 3. The Bertz CT molecular complexity index is 739. The van der Waals surface area contributed by atoms with Gasteiger partial charge in [0.25, 0.3) is 0 Å². The fraction of sp³-hybridized carbons (Fsp3) is 0.684. The van der Waals surface area contributed by atoms with Gasteiger partial charge in [0.2, 0.25) is 23.6 Å². The first-order chi connectivity index (χ1) is 15.9. The standard InChI is InChI=1S/C19H33N5O8S2/c1-33-7-5-10(20)16(28)24-13(9-15(26)27)18(30)22-11(6-8-34-2)17(29)23-12(19(31)32)3-4-14(21)25/h10-13H,3-9,20H2,1-2H3,(H2,21,25)(H,22,30)(H,23,29)(H,24,28)(H,26,27)(H,31,32). The molecular weight excluding hydrogens is 490 g/mol. The molecule has 15 heteroatoms. The van der Waals surface area contributed by atoms with Crippen molar-refractivity contribution in [1.29, 1.82) is 0 Å². The van der Waals surface area contributed by atoms with E-state index in [0.29, 0.717) is 17.9 Å². The highest BCUT2D eigenvalue weighted by Gasteiger charge is 2.31. The van der Waals surface area contributed by atoms with Crippen LogP contribution in [0.15, 0.2) is 0 Å². The lowest BCUT2D eigenvalue weighted by atomic mass is 10.1. The van der Waals surface area contributed by atoms with Crippen molar-refractivity contribution in [1.82, 2.24) is 16.0 Å². The quantitative estimate of drug-likeness (QED) is 0.105. The van der Waals surface area contributed by atoms with Crippen LogP contribution in [-0.2, 0) is 28.8 Å². The Morgan fingerprint density at radius 2 is 1.26 bits per heavy atom. The van der Waals surface area contributed by atoms with Crippen molar-refractivity contribution in [2.24, 2.45) is 11.5 Å². The number of nitrogens with two attached hydrogens (primary N) is 2. The number of carbonyl (C=O) groups is 6. The monoisotopic (exact) mass is 523 g/mol. The van der Waals surface area contributed by atoms with Gasteiger partial charge >= 0.3 is 11.9 Å². The molecule has 0 spiro atoms. The molecule has 13 nitrogen and oxygen atoms in total. The number of carbonyl (C=O) groups excluding carboxylic acids is 4. The van der Waals surface area contributed by atoms with Gasteiger partial charge in [-0.15, -0.1) is 0 Å². The average Bonchev–Trinajstić information content (AvgIpc) is 2.75. The maximum atomic E-state index is 12.8. The highest BCUT2D eigenvalue weighted by Crippen LogP contribution is 2.06. The minimum atomic E-state index is -1.50. The third kappa shape index (κ3) is 13.3. The lowest BCUT2D eigenvalue weighted by molar-refractivity contribution is -0.143. The zero-order valence-corrected chi connectivity index (χ0v) is 20.7. The predicted molar refractivity (Wildman–Crippen MR) is 128 cm³/mol. The van der Waals surface area contributed by atoms with Gasteiger partial charge in [-0.3, -0.25) is 24.0 Å². The van der Waals surface area contributed by atoms with Crippen LogP contribution in [0.4, 0.5) is 0 Å². The molecule has 0 bridgehead atoms. The third-order valence-electron chi connectivity index (χ3n) is 4.52. The number of carboxylic acid groups (broad SMARTS) is 2. The van der Waals surface area contributed by atoms with Gasteiger partial charge in [0.05, 0.1) is 12.5 Å². The molecule has 0 aromatic heterocycles. The lowest BCUT2D eigenvalue weighted by Crippen LogP contribution is -2.57. The van der Waals surface area contributed by atoms with Crippen molar-refractivity contribution in [3.05, 3.63) is 0 Å². The van der Waals surface area contributed by atoms with Crippen molar-refractivity contribution < 1.29 is 39.0 Å². The first-order valence-corrected chi connectivity index (χ1v) is 13.1. The Kier molecular flexibility index (Phi) is 15.7. The zero-order valence-electron chi connectivity index (χ0n) is 19.1. The summed E-state index contributed by atoms with van der Waals surface area (Å²) >= 11 is 2.83. The Balaban J connectivity index is 5.44. The van der Waals surface area contributed by atoms with Crippen molar-refractivity contribution in [3.63, 3.8) is 0 Å². The van der Waals surface area contributed by atoms with Crippen LogP contribution >= 0.6 is 23.5 Å². The number of amides is 4. The fourth-order valence-corrected chi connectivity index (χ4v) is 3.59. The fourth-order valence-electron chi connectivity index (χ4n) is 2.63. The van der Waals surface area contributed by atoms with Gasteiger partial charge in [-0.05, 0) is 43.3 Å². The molecule has 0 saturated heterocycles. The summed E-state index contributed by atoms with van der Waals surface area (Å²) in [5.74, 6) is -4.97. The molecule has 0 aromatic rings. The normalized spacial score (nSPS) is 14.2. The Morgan fingerprint density at radius 3 is 1.76 bits per heavy atom. The van der Waals surface area contributed by atoms with Crippen molar-refractivity contribution in [3.8, 4) is 0 Å². The molecule has 4 atom stereocenters. The second kappa shape index (κ2) is 17.0. The van der Waals surface area contributed by atoms with Crippen LogP contribution in [0.25, 0.3) is 0 Å². The molecule has 0 aliphatic rings. The SMILES string of the molecule is CSCCC(N)C(=O)NC(CC(=O)O)C(=O)NC(CCSC)C(=O)NC(CCC(N)=O)C(=O)O. The van der Waals surface area contributed by atoms with Gasteiger partial charge < -0.3 is 37.6 Å². The summed E-state index contributed by atoms with van der Waals surface area (Å²) in [5.41, 5.74) is 10.8. The van der Waals surface area contributed by atoms with Crippen LogP contribution in [0, 0.1) is 0 Å². The van der Waals surface area contributed by atoms with Gasteiger partial charge in [-0.1, -0.05) is 0 Å². The van der Waals surface area contributed by atoms with E-state index in [2.05, 4.69) is 16.0 Å². The summed E-state index contributed by atoms with van der Waals surface area (Å²) in [5, 5.41) is 25.4. The van der Waals surface area contributed by atoms with Gasteiger partial charge in [0, 0.05) is 6.42 Å². The average molecular weight is 524 g/mol. The molecule has 0 saturated carbocycles. The third-order valence-corrected chi connectivity index (χ3v) is 5.81. The summed E-state index contributed by atoms with van der Waals surface area (Å²) in [6.45, 7) is 0. The van der Waals surface area contributed by atoms with Crippen LogP contribution in [0.3, 0.4) is 0 Å². The number of hydrogen-bond acceptors (Lipinski definition) is 9. The highest BCUT2D eigenvalue weighted by atomic mass is 32.2. The van der Waals surface area contributed by atoms with Crippen LogP contribution < -0.4 is 27.4 Å². The van der Waals surface area contributed by atoms with E-state index in [9.17, 15) is 33.9 Å². The lowest BCUT2D eigenvalue weighted by Gasteiger charge is -2.24. The first kappa shape index (κ1) is 31.5.